The lowest BCUT2D eigenvalue weighted by Gasteiger charge is -2.27. The summed E-state index contributed by atoms with van der Waals surface area (Å²) >= 11 is 1.30. The third-order valence-corrected chi connectivity index (χ3v) is 7.57. The normalized spacial score (nSPS) is 12.2. The summed E-state index contributed by atoms with van der Waals surface area (Å²) in [5.74, 6) is -0.603. The first kappa shape index (κ1) is 34.9. The van der Waals surface area contributed by atoms with Gasteiger partial charge < -0.3 is 15.2 Å². The number of unbranched alkanes of at least 4 members (excludes halogenated alkanes) is 12. The molecule has 0 bridgehead atoms. The van der Waals surface area contributed by atoms with Gasteiger partial charge in [0.2, 0.25) is 11.8 Å². The van der Waals surface area contributed by atoms with Crippen LogP contribution < -0.4 is 10.6 Å². The highest BCUT2D eigenvalue weighted by molar-refractivity contribution is 8.00. The first-order chi connectivity index (χ1) is 17.1. The molecule has 0 saturated carbocycles. The fourth-order valence-electron chi connectivity index (χ4n) is 3.80. The molecule has 1 radical (unpaired) electrons. The lowest BCUT2D eigenvalue weighted by atomic mass is 10.1. The van der Waals surface area contributed by atoms with Crippen molar-refractivity contribution in [3.05, 3.63) is 18.6 Å². The van der Waals surface area contributed by atoms with Crippen molar-refractivity contribution in [1.82, 2.24) is 10.6 Å². The summed E-state index contributed by atoms with van der Waals surface area (Å²) < 4.78 is 32.6. The predicted molar refractivity (Wildman–Crippen MR) is 151 cm³/mol. The standard InChI is InChI=1S/C27H51N2O5S2/c1-4-5-6-7-8-9-10-11-12-13-14-15-16-17-18-19-21-28-26(31)23-35-22-20-25(30)29-27(2,3)24-36(32,33)34/h11-12,20H,4-10,13-19,21-24H2,1-3H3,(H,28,31)(H,29,30)(H,32,33,34)/p-1/b12-11-. The molecule has 36 heavy (non-hydrogen) atoms. The number of rotatable bonds is 24. The van der Waals surface area contributed by atoms with Crippen LogP contribution in [0.5, 0.6) is 0 Å². The molecule has 0 aliphatic heterocycles. The molecule has 0 heterocycles. The number of amides is 2. The van der Waals surface area contributed by atoms with Gasteiger partial charge in [-0.15, -0.1) is 0 Å². The van der Waals surface area contributed by atoms with E-state index in [2.05, 4.69) is 29.7 Å². The topological polar surface area (TPSA) is 115 Å². The van der Waals surface area contributed by atoms with Crippen LogP contribution in [0, 0.1) is 6.42 Å². The molecule has 0 saturated heterocycles. The van der Waals surface area contributed by atoms with Crippen LogP contribution >= 0.6 is 11.8 Å². The van der Waals surface area contributed by atoms with Crippen molar-refractivity contribution in [1.29, 1.82) is 0 Å². The highest BCUT2D eigenvalue weighted by atomic mass is 32.2. The van der Waals surface area contributed by atoms with Crippen molar-refractivity contribution in [3.8, 4) is 0 Å². The van der Waals surface area contributed by atoms with Crippen molar-refractivity contribution in [2.45, 2.75) is 116 Å². The van der Waals surface area contributed by atoms with Crippen LogP contribution in [-0.4, -0.2) is 54.1 Å². The van der Waals surface area contributed by atoms with E-state index in [0.29, 0.717) is 12.3 Å². The van der Waals surface area contributed by atoms with Gasteiger partial charge in [-0.1, -0.05) is 76.9 Å². The monoisotopic (exact) mass is 546 g/mol. The molecule has 7 nitrogen and oxygen atoms in total. The number of carbonyl (C=O) groups excluding carboxylic acids is 2. The molecule has 0 aromatic rings. The van der Waals surface area contributed by atoms with Crippen molar-refractivity contribution >= 4 is 33.7 Å². The van der Waals surface area contributed by atoms with Gasteiger partial charge in [0.25, 0.3) is 0 Å². The summed E-state index contributed by atoms with van der Waals surface area (Å²) in [6, 6.07) is 0. The molecule has 9 heteroatoms. The highest BCUT2D eigenvalue weighted by Crippen LogP contribution is 2.10. The highest BCUT2D eigenvalue weighted by Gasteiger charge is 2.23. The van der Waals surface area contributed by atoms with Gasteiger partial charge in [-0.2, -0.15) is 11.8 Å². The van der Waals surface area contributed by atoms with E-state index in [1.807, 2.05) is 0 Å². The first-order valence-corrected chi connectivity index (χ1v) is 16.4. The molecule has 0 unspecified atom stereocenters. The number of hydrogen-bond acceptors (Lipinski definition) is 6. The molecule has 0 aliphatic rings. The Labute approximate surface area is 225 Å². The number of carbonyl (C=O) groups is 2. The van der Waals surface area contributed by atoms with Gasteiger partial charge in [-0.25, -0.2) is 8.42 Å². The predicted octanol–water partition coefficient (Wildman–Crippen LogP) is 5.52. The Morgan fingerprint density at radius 1 is 0.861 bits per heavy atom. The van der Waals surface area contributed by atoms with E-state index in [-0.39, 0.29) is 11.7 Å². The second-order valence-electron chi connectivity index (χ2n) is 10.1. The smallest absolute Gasteiger partial charge is 0.229 e. The molecule has 2 amide bonds. The zero-order chi connectivity index (χ0) is 27.1. The fourth-order valence-corrected chi connectivity index (χ4v) is 5.43. The summed E-state index contributed by atoms with van der Waals surface area (Å²) in [6.07, 6.45) is 23.6. The Bertz CT molecular complexity index is 709. The fraction of sp³-hybridized carbons (Fsp3) is 0.815. The van der Waals surface area contributed by atoms with Crippen molar-refractivity contribution < 1.29 is 22.6 Å². The van der Waals surface area contributed by atoms with Gasteiger partial charge in [-0.05, 0) is 46.0 Å². The second kappa shape index (κ2) is 22.0. The van der Waals surface area contributed by atoms with Gasteiger partial charge >= 0.3 is 0 Å². The van der Waals surface area contributed by atoms with Crippen LogP contribution in [0.4, 0.5) is 0 Å². The number of thioether (sulfide) groups is 1. The molecule has 0 aliphatic carbocycles. The summed E-state index contributed by atoms with van der Waals surface area (Å²) in [4.78, 5) is 23.7. The van der Waals surface area contributed by atoms with E-state index in [4.69, 9.17) is 0 Å². The minimum absolute atomic E-state index is 0.0562. The van der Waals surface area contributed by atoms with Gasteiger partial charge in [0.1, 0.15) is 0 Å². The summed E-state index contributed by atoms with van der Waals surface area (Å²) in [5, 5.41) is 5.40. The molecule has 0 spiro atoms. The van der Waals surface area contributed by atoms with Gasteiger partial charge in [0.15, 0.2) is 0 Å². The Kier molecular flexibility index (Phi) is 21.3. The molecule has 0 aromatic heterocycles. The molecule has 2 N–H and O–H groups in total. The minimum Gasteiger partial charge on any atom is -0.748 e. The van der Waals surface area contributed by atoms with Crippen molar-refractivity contribution in [2.75, 3.05) is 23.8 Å². The first-order valence-electron chi connectivity index (χ1n) is 13.6. The Hall–Kier alpha value is -1.06. The second-order valence-corrected chi connectivity index (χ2v) is 12.5. The minimum atomic E-state index is -4.43. The van der Waals surface area contributed by atoms with Gasteiger partial charge in [-0.3, -0.25) is 9.59 Å². The maximum atomic E-state index is 11.9. The van der Waals surface area contributed by atoms with Crippen LogP contribution in [0.2, 0.25) is 0 Å². The molecular weight excluding hydrogens is 496 g/mol. The Morgan fingerprint density at radius 3 is 1.94 bits per heavy atom. The van der Waals surface area contributed by atoms with Crippen LogP contribution in [0.25, 0.3) is 0 Å². The molecule has 0 aromatic carbocycles. The lowest BCUT2D eigenvalue weighted by molar-refractivity contribution is -0.119. The molecular formula is C27H50N2O5S2-. The molecule has 0 rings (SSSR count). The average molecular weight is 547 g/mol. The molecule has 0 atom stereocenters. The summed E-state index contributed by atoms with van der Waals surface area (Å²) in [5.41, 5.74) is -1.14. The maximum absolute atomic E-state index is 11.9. The molecule has 211 valence electrons. The third-order valence-electron chi connectivity index (χ3n) is 5.63. The quantitative estimate of drug-likeness (QED) is 0.0936. The van der Waals surface area contributed by atoms with Crippen LogP contribution in [0.1, 0.15) is 111 Å². The van der Waals surface area contributed by atoms with Crippen LogP contribution in [0.15, 0.2) is 12.2 Å². The summed E-state index contributed by atoms with van der Waals surface area (Å²) in [6.45, 7) is 5.88. The zero-order valence-electron chi connectivity index (χ0n) is 22.8. The number of hydrogen-bond donors (Lipinski definition) is 2. The molecule has 0 fully saturated rings. The van der Waals surface area contributed by atoms with Crippen LogP contribution in [0.3, 0.4) is 0 Å². The Balaban J connectivity index is 3.50. The summed E-state index contributed by atoms with van der Waals surface area (Å²) in [7, 11) is -4.43. The van der Waals surface area contributed by atoms with Gasteiger partial charge in [0, 0.05) is 17.8 Å². The van der Waals surface area contributed by atoms with Crippen LogP contribution in [-0.2, 0) is 19.7 Å². The van der Waals surface area contributed by atoms with E-state index in [0.717, 1.165) is 12.8 Å². The Morgan fingerprint density at radius 2 is 1.39 bits per heavy atom. The third kappa shape index (κ3) is 26.0. The van der Waals surface area contributed by atoms with E-state index >= 15 is 0 Å². The van der Waals surface area contributed by atoms with E-state index in [1.165, 1.54) is 109 Å². The lowest BCUT2D eigenvalue weighted by Crippen LogP contribution is -2.48. The SMILES string of the molecule is CCCCCCCC/C=C\CCCCCCCCNC(=O)CSC[CH]C(=O)NC(C)(C)CS(=O)(=O)[O-]. The van der Waals surface area contributed by atoms with Gasteiger partial charge in [0.05, 0.1) is 28.0 Å². The zero-order valence-corrected chi connectivity index (χ0v) is 24.5. The average Bonchev–Trinajstić information content (AvgIpc) is 2.76. The van der Waals surface area contributed by atoms with Crippen molar-refractivity contribution in [2.24, 2.45) is 0 Å². The van der Waals surface area contributed by atoms with E-state index in [9.17, 15) is 22.6 Å². The van der Waals surface area contributed by atoms with E-state index < -0.39 is 27.3 Å². The van der Waals surface area contributed by atoms with Crippen molar-refractivity contribution in [3.63, 3.8) is 0 Å². The number of nitrogens with one attached hydrogen (secondary N) is 2. The maximum Gasteiger partial charge on any atom is 0.229 e. The van der Waals surface area contributed by atoms with E-state index in [1.54, 1.807) is 0 Å². The largest absolute Gasteiger partial charge is 0.748 e. The number of allylic oxidation sites excluding steroid dienone is 2.